The number of aromatic amines is 1. The van der Waals surface area contributed by atoms with Crippen LogP contribution < -0.4 is 10.0 Å². The molecule has 3 N–H and O–H groups in total. The van der Waals surface area contributed by atoms with E-state index in [0.717, 1.165) is 4.31 Å². The third-order valence-corrected chi connectivity index (χ3v) is 5.03. The monoisotopic (exact) mass is 312 g/mol. The van der Waals surface area contributed by atoms with Gasteiger partial charge in [-0.25, -0.2) is 4.39 Å². The zero-order valence-electron chi connectivity index (χ0n) is 11.8. The third kappa shape index (κ3) is 2.77. The number of hydrogen-bond acceptors (Lipinski definition) is 4. The SMILES string of the molecule is CCN(c1cccc(F)c1)S(=O)(=O)c1n[nH]c(C)c1CN. The van der Waals surface area contributed by atoms with Crippen molar-refractivity contribution >= 4 is 15.7 Å². The molecular formula is C13H17FN4O2S. The van der Waals surface area contributed by atoms with E-state index in [-0.39, 0.29) is 23.8 Å². The van der Waals surface area contributed by atoms with Crippen LogP contribution in [0.1, 0.15) is 18.2 Å². The molecule has 0 unspecified atom stereocenters. The van der Waals surface area contributed by atoms with Gasteiger partial charge in [0.1, 0.15) is 5.82 Å². The highest BCUT2D eigenvalue weighted by Crippen LogP contribution is 2.25. The molecule has 2 rings (SSSR count). The maximum Gasteiger partial charge on any atom is 0.283 e. The molecule has 114 valence electrons. The lowest BCUT2D eigenvalue weighted by Gasteiger charge is -2.22. The summed E-state index contributed by atoms with van der Waals surface area (Å²) in [6, 6.07) is 5.42. The minimum atomic E-state index is -3.90. The number of aromatic nitrogens is 2. The van der Waals surface area contributed by atoms with Crippen molar-refractivity contribution in [3.05, 3.63) is 41.3 Å². The van der Waals surface area contributed by atoms with Crippen LogP contribution in [0.4, 0.5) is 10.1 Å². The molecule has 8 heteroatoms. The number of hydrogen-bond donors (Lipinski definition) is 2. The van der Waals surface area contributed by atoms with Gasteiger partial charge in [0.15, 0.2) is 0 Å². The lowest BCUT2D eigenvalue weighted by Crippen LogP contribution is -2.32. The van der Waals surface area contributed by atoms with Crippen molar-refractivity contribution in [1.29, 1.82) is 0 Å². The van der Waals surface area contributed by atoms with Gasteiger partial charge in [0.2, 0.25) is 5.03 Å². The van der Waals surface area contributed by atoms with E-state index in [1.807, 2.05) is 0 Å². The molecule has 0 aliphatic rings. The number of benzene rings is 1. The maximum atomic E-state index is 13.3. The zero-order valence-corrected chi connectivity index (χ0v) is 12.6. The minimum absolute atomic E-state index is 0.0532. The molecule has 1 aromatic heterocycles. The van der Waals surface area contributed by atoms with Crippen molar-refractivity contribution in [3.8, 4) is 0 Å². The number of H-pyrrole nitrogens is 1. The highest BCUT2D eigenvalue weighted by Gasteiger charge is 2.29. The zero-order chi connectivity index (χ0) is 15.6. The standard InChI is InChI=1S/C13H17FN4O2S/c1-3-18(11-6-4-5-10(14)7-11)21(19,20)13-12(8-15)9(2)16-17-13/h4-7H,3,8,15H2,1-2H3,(H,16,17). The number of halogens is 1. The summed E-state index contributed by atoms with van der Waals surface area (Å²) in [5.74, 6) is -0.501. The number of sulfonamides is 1. The molecule has 1 aromatic carbocycles. The van der Waals surface area contributed by atoms with Crippen molar-refractivity contribution in [2.45, 2.75) is 25.4 Å². The minimum Gasteiger partial charge on any atom is -0.326 e. The number of nitrogens with two attached hydrogens (primary N) is 1. The fraction of sp³-hybridized carbons (Fsp3) is 0.308. The molecule has 0 aliphatic carbocycles. The van der Waals surface area contributed by atoms with Gasteiger partial charge in [-0.3, -0.25) is 9.40 Å². The molecular weight excluding hydrogens is 295 g/mol. The average molecular weight is 312 g/mol. The molecule has 2 aromatic rings. The summed E-state index contributed by atoms with van der Waals surface area (Å²) in [4.78, 5) is 0. The molecule has 0 radical (unpaired) electrons. The van der Waals surface area contributed by atoms with Crippen molar-refractivity contribution < 1.29 is 12.8 Å². The quantitative estimate of drug-likeness (QED) is 0.876. The van der Waals surface area contributed by atoms with Gasteiger partial charge in [-0.05, 0) is 32.0 Å². The average Bonchev–Trinajstić information content (AvgIpc) is 2.81. The van der Waals surface area contributed by atoms with Gasteiger partial charge in [-0.1, -0.05) is 6.07 Å². The van der Waals surface area contributed by atoms with Crippen LogP contribution in [0.2, 0.25) is 0 Å². The smallest absolute Gasteiger partial charge is 0.283 e. The first-order valence-corrected chi connectivity index (χ1v) is 7.88. The van der Waals surface area contributed by atoms with E-state index in [2.05, 4.69) is 10.2 Å². The van der Waals surface area contributed by atoms with Gasteiger partial charge in [0.25, 0.3) is 10.0 Å². The van der Waals surface area contributed by atoms with E-state index in [4.69, 9.17) is 5.73 Å². The number of nitrogens with zero attached hydrogens (tertiary/aromatic N) is 2. The molecule has 0 saturated carbocycles. The number of rotatable bonds is 5. The van der Waals surface area contributed by atoms with Gasteiger partial charge in [-0.15, -0.1) is 0 Å². The number of anilines is 1. The second kappa shape index (κ2) is 5.82. The Kier molecular flexibility index (Phi) is 4.29. The molecule has 0 bridgehead atoms. The van der Waals surface area contributed by atoms with Crippen LogP contribution in [0.3, 0.4) is 0 Å². The fourth-order valence-electron chi connectivity index (χ4n) is 2.11. The Hall–Kier alpha value is -1.93. The van der Waals surface area contributed by atoms with Crippen LogP contribution in [0, 0.1) is 12.7 Å². The Morgan fingerprint density at radius 1 is 1.43 bits per heavy atom. The Labute approximate surface area is 122 Å². The van der Waals surface area contributed by atoms with E-state index in [1.54, 1.807) is 13.8 Å². The Balaban J connectivity index is 2.55. The van der Waals surface area contributed by atoms with E-state index in [0.29, 0.717) is 11.3 Å². The molecule has 21 heavy (non-hydrogen) atoms. The van der Waals surface area contributed by atoms with Crippen molar-refractivity contribution in [1.82, 2.24) is 10.2 Å². The van der Waals surface area contributed by atoms with Crippen molar-refractivity contribution in [2.75, 3.05) is 10.8 Å². The van der Waals surface area contributed by atoms with Gasteiger partial charge < -0.3 is 5.73 Å². The molecule has 1 heterocycles. The van der Waals surface area contributed by atoms with E-state index in [9.17, 15) is 12.8 Å². The van der Waals surface area contributed by atoms with Crippen LogP contribution in [-0.2, 0) is 16.6 Å². The molecule has 0 amide bonds. The number of nitrogens with one attached hydrogen (secondary N) is 1. The third-order valence-electron chi connectivity index (χ3n) is 3.16. The molecule has 0 fully saturated rings. The predicted octanol–water partition coefficient (Wildman–Crippen LogP) is 1.53. The van der Waals surface area contributed by atoms with Gasteiger partial charge in [0, 0.05) is 24.3 Å². The molecule has 0 spiro atoms. The lowest BCUT2D eigenvalue weighted by atomic mass is 10.3. The summed E-state index contributed by atoms with van der Waals surface area (Å²) >= 11 is 0. The summed E-state index contributed by atoms with van der Waals surface area (Å²) in [6.07, 6.45) is 0. The van der Waals surface area contributed by atoms with E-state index in [1.165, 1.54) is 24.3 Å². The Morgan fingerprint density at radius 2 is 2.14 bits per heavy atom. The molecule has 0 saturated heterocycles. The largest absolute Gasteiger partial charge is 0.326 e. The van der Waals surface area contributed by atoms with Crippen LogP contribution in [0.25, 0.3) is 0 Å². The van der Waals surface area contributed by atoms with Crippen LogP contribution in [-0.4, -0.2) is 25.2 Å². The molecule has 0 atom stereocenters. The van der Waals surface area contributed by atoms with Crippen LogP contribution in [0.15, 0.2) is 29.3 Å². The number of aryl methyl sites for hydroxylation is 1. The summed E-state index contributed by atoms with van der Waals surface area (Å²) < 4.78 is 39.9. The Morgan fingerprint density at radius 3 is 2.71 bits per heavy atom. The van der Waals surface area contributed by atoms with Gasteiger partial charge in [0.05, 0.1) is 5.69 Å². The fourth-order valence-corrected chi connectivity index (χ4v) is 3.76. The normalized spacial score (nSPS) is 11.6. The topological polar surface area (TPSA) is 92.1 Å². The molecule has 0 aliphatic heterocycles. The van der Waals surface area contributed by atoms with Crippen molar-refractivity contribution in [2.24, 2.45) is 5.73 Å². The summed E-state index contributed by atoms with van der Waals surface area (Å²) in [5.41, 5.74) is 6.88. The van der Waals surface area contributed by atoms with E-state index >= 15 is 0 Å². The summed E-state index contributed by atoms with van der Waals surface area (Å²) in [6.45, 7) is 3.58. The Bertz CT molecular complexity index is 742. The summed E-state index contributed by atoms with van der Waals surface area (Å²) in [7, 11) is -3.90. The second-order valence-electron chi connectivity index (χ2n) is 4.49. The second-order valence-corrected chi connectivity index (χ2v) is 6.26. The van der Waals surface area contributed by atoms with E-state index < -0.39 is 15.8 Å². The highest BCUT2D eigenvalue weighted by atomic mass is 32.2. The first kappa shape index (κ1) is 15.5. The maximum absolute atomic E-state index is 13.3. The predicted molar refractivity (Wildman–Crippen MR) is 77.8 cm³/mol. The van der Waals surface area contributed by atoms with Crippen LogP contribution >= 0.6 is 0 Å². The van der Waals surface area contributed by atoms with Crippen molar-refractivity contribution in [3.63, 3.8) is 0 Å². The molecule has 6 nitrogen and oxygen atoms in total. The highest BCUT2D eigenvalue weighted by molar-refractivity contribution is 7.92. The van der Waals surface area contributed by atoms with Crippen LogP contribution in [0.5, 0.6) is 0 Å². The van der Waals surface area contributed by atoms with Gasteiger partial charge >= 0.3 is 0 Å². The first-order valence-electron chi connectivity index (χ1n) is 6.44. The van der Waals surface area contributed by atoms with Gasteiger partial charge in [-0.2, -0.15) is 13.5 Å². The summed E-state index contributed by atoms with van der Waals surface area (Å²) in [5, 5.41) is 6.36. The lowest BCUT2D eigenvalue weighted by molar-refractivity contribution is 0.586. The first-order chi connectivity index (χ1) is 9.91.